The quantitative estimate of drug-likeness (QED) is 0.288. The van der Waals surface area contributed by atoms with E-state index >= 15 is 0 Å². The van der Waals surface area contributed by atoms with Crippen molar-refractivity contribution in [2.75, 3.05) is 0 Å². The second kappa shape index (κ2) is 5.98. The Morgan fingerprint density at radius 1 is 0.514 bits per heavy atom. The molecular weight excluding hydrogens is 589 g/mol. The van der Waals surface area contributed by atoms with Crippen LogP contribution in [0.3, 0.4) is 0 Å². The second-order valence-electron chi connectivity index (χ2n) is 7.77. The van der Waals surface area contributed by atoms with Crippen LogP contribution in [0.4, 0.5) is 58.3 Å². The highest BCUT2D eigenvalue weighted by molar-refractivity contribution is 8.46. The van der Waals surface area contributed by atoms with Crippen LogP contribution in [0.15, 0.2) is 51.1 Å². The van der Waals surface area contributed by atoms with Crippen LogP contribution in [0.5, 0.6) is 0 Å². The molecule has 0 aliphatic heterocycles. The lowest BCUT2D eigenvalue weighted by Crippen LogP contribution is -2.14. The molecule has 0 bridgehead atoms. The SMILES string of the molecule is Cc1cc(CC(=O)Cc2cc(S(F)(F)(F)(F)F)cc(S(F)(F)(F)(F)F)c2)cc(S(F)(F)(F)(F)F)c1. The molecule has 0 unspecified atom stereocenters. The van der Waals surface area contributed by atoms with Crippen molar-refractivity contribution in [2.45, 2.75) is 34.5 Å². The molecule has 0 heterocycles. The zero-order chi connectivity index (χ0) is 27.9. The smallest absolute Gasteiger partial charge is 0.299 e. The summed E-state index contributed by atoms with van der Waals surface area (Å²) in [7, 11) is -32.2. The van der Waals surface area contributed by atoms with E-state index in [1.54, 1.807) is 0 Å². The van der Waals surface area contributed by atoms with Gasteiger partial charge in [-0.15, -0.1) is 0 Å². The average molecular weight is 602 g/mol. The fraction of sp³-hybridized carbons (Fsp3) is 0.188. The minimum atomic E-state index is -11.0. The number of carbonyl (C=O) groups is 1. The summed E-state index contributed by atoms with van der Waals surface area (Å²) >= 11 is 0. The highest BCUT2D eigenvalue weighted by Gasteiger charge is 2.69. The minimum absolute atomic E-state index is 0.0224. The number of ketones is 1. The number of hydrogen-bond acceptors (Lipinski definition) is 1. The van der Waals surface area contributed by atoms with Crippen molar-refractivity contribution >= 4 is 36.5 Å². The van der Waals surface area contributed by atoms with E-state index in [1.807, 2.05) is 0 Å². The van der Waals surface area contributed by atoms with E-state index < -0.39 is 98.9 Å². The van der Waals surface area contributed by atoms with Crippen molar-refractivity contribution in [3.63, 3.8) is 0 Å². The molecule has 0 aliphatic rings. The van der Waals surface area contributed by atoms with Crippen LogP contribution in [-0.4, -0.2) is 5.78 Å². The van der Waals surface area contributed by atoms with Crippen molar-refractivity contribution in [3.8, 4) is 0 Å². The molecule has 0 saturated heterocycles. The van der Waals surface area contributed by atoms with Gasteiger partial charge < -0.3 is 0 Å². The molecule has 0 aliphatic carbocycles. The summed E-state index contributed by atoms with van der Waals surface area (Å²) in [6, 6.07) is -2.26. The number of hydrogen-bond donors (Lipinski definition) is 0. The van der Waals surface area contributed by atoms with Crippen LogP contribution in [0, 0.1) is 6.92 Å². The van der Waals surface area contributed by atoms with Crippen LogP contribution in [-0.2, 0) is 17.6 Å². The molecule has 1 nitrogen and oxygen atoms in total. The van der Waals surface area contributed by atoms with Gasteiger partial charge in [-0.1, -0.05) is 64.4 Å². The Kier molecular flexibility index (Phi) is 5.01. The number of Topliss-reactive ketones (excluding diaryl/α,β-unsaturated/α-hetero) is 1. The summed E-state index contributed by atoms with van der Waals surface area (Å²) in [4.78, 5) is 2.88. The first-order valence-electron chi connectivity index (χ1n) is 8.51. The van der Waals surface area contributed by atoms with Crippen LogP contribution < -0.4 is 0 Å². The van der Waals surface area contributed by atoms with Gasteiger partial charge in [0, 0.05) is 12.8 Å². The van der Waals surface area contributed by atoms with Gasteiger partial charge in [0.1, 0.15) is 20.5 Å². The van der Waals surface area contributed by atoms with E-state index in [-0.39, 0.29) is 12.1 Å². The topological polar surface area (TPSA) is 17.1 Å². The fourth-order valence-corrected chi connectivity index (χ4v) is 5.15. The number of halogens is 15. The second-order valence-corrected chi connectivity index (χ2v) is 15.0. The van der Waals surface area contributed by atoms with Gasteiger partial charge in [-0.25, -0.2) is 0 Å². The predicted octanol–water partition coefficient (Wildman–Crippen LogP) is 11.3. The van der Waals surface area contributed by atoms with E-state index in [4.69, 9.17) is 0 Å². The van der Waals surface area contributed by atoms with Crippen molar-refractivity contribution in [3.05, 3.63) is 53.1 Å². The zero-order valence-electron chi connectivity index (χ0n) is 16.7. The van der Waals surface area contributed by atoms with E-state index in [1.165, 1.54) is 0 Å². The van der Waals surface area contributed by atoms with Gasteiger partial charge in [0.05, 0.1) is 0 Å². The maximum Gasteiger partial charge on any atom is 0.310 e. The third-order valence-corrected chi connectivity index (χ3v) is 7.57. The third kappa shape index (κ3) is 8.06. The Hall–Kier alpha value is -1.89. The van der Waals surface area contributed by atoms with Gasteiger partial charge in [0.2, 0.25) is 0 Å². The van der Waals surface area contributed by atoms with E-state index in [0.29, 0.717) is 0 Å². The zero-order valence-corrected chi connectivity index (χ0v) is 19.1. The Bertz CT molecular complexity index is 1200. The van der Waals surface area contributed by atoms with Crippen LogP contribution in [0.1, 0.15) is 16.7 Å². The van der Waals surface area contributed by atoms with Crippen LogP contribution in [0.2, 0.25) is 0 Å². The first-order valence-corrected chi connectivity index (χ1v) is 14.4. The number of benzene rings is 2. The molecule has 19 heteroatoms. The van der Waals surface area contributed by atoms with Crippen molar-refractivity contribution in [2.24, 2.45) is 0 Å². The molecule has 0 N–H and O–H groups in total. The lowest BCUT2D eigenvalue weighted by Gasteiger charge is -2.44. The van der Waals surface area contributed by atoms with Gasteiger partial charge >= 0.3 is 30.7 Å². The van der Waals surface area contributed by atoms with Gasteiger partial charge in [0.25, 0.3) is 0 Å². The summed E-state index contributed by atoms with van der Waals surface area (Å²) in [5.41, 5.74) is -2.86. The minimum Gasteiger partial charge on any atom is -0.299 e. The number of rotatable bonds is 7. The Balaban J connectivity index is 2.56. The molecule has 206 valence electrons. The summed E-state index contributed by atoms with van der Waals surface area (Å²) in [6.45, 7) is 0.903. The summed E-state index contributed by atoms with van der Waals surface area (Å²) < 4.78 is 196. The molecule has 0 spiro atoms. The third-order valence-electron chi connectivity index (χ3n) is 4.19. The maximum atomic E-state index is 13.0. The average Bonchev–Trinajstić information content (AvgIpc) is 2.47. The highest BCUT2D eigenvalue weighted by atomic mass is 32.5. The molecule has 2 aromatic carbocycles. The van der Waals surface area contributed by atoms with Gasteiger partial charge in [-0.3, -0.25) is 4.79 Å². The van der Waals surface area contributed by atoms with Crippen LogP contribution >= 0.6 is 30.7 Å². The molecule has 0 aromatic heterocycles. The Morgan fingerprint density at radius 2 is 0.800 bits per heavy atom. The number of aryl methyl sites for hydroxylation is 1. The van der Waals surface area contributed by atoms with Crippen LogP contribution in [0.25, 0.3) is 0 Å². The molecule has 0 amide bonds. The monoisotopic (exact) mass is 602 g/mol. The van der Waals surface area contributed by atoms with E-state index in [0.717, 1.165) is 13.0 Å². The molecule has 35 heavy (non-hydrogen) atoms. The first-order chi connectivity index (χ1) is 14.5. The lowest BCUT2D eigenvalue weighted by molar-refractivity contribution is -0.117. The molecule has 2 aromatic rings. The van der Waals surface area contributed by atoms with Gasteiger partial charge in [-0.05, 0) is 53.9 Å². The largest absolute Gasteiger partial charge is 0.310 e. The Morgan fingerprint density at radius 3 is 1.11 bits per heavy atom. The fourth-order valence-electron chi connectivity index (χ4n) is 2.85. The van der Waals surface area contributed by atoms with Gasteiger partial charge in [-0.2, -0.15) is 0 Å². The van der Waals surface area contributed by atoms with Crippen molar-refractivity contribution in [1.29, 1.82) is 0 Å². The van der Waals surface area contributed by atoms with E-state index in [9.17, 15) is 63.1 Å². The maximum absolute atomic E-state index is 13.0. The first kappa shape index (κ1) is 29.3. The normalized spacial score (nSPS) is 19.4. The highest BCUT2D eigenvalue weighted by Crippen LogP contribution is 3.05. The predicted molar refractivity (Wildman–Crippen MR) is 104 cm³/mol. The molecule has 0 radical (unpaired) electrons. The summed E-state index contributed by atoms with van der Waals surface area (Å²) in [5, 5.41) is 0. The molecule has 2 rings (SSSR count). The Labute approximate surface area is 187 Å². The number of carbonyl (C=O) groups excluding carboxylic acids is 1. The van der Waals surface area contributed by atoms with E-state index in [2.05, 4.69) is 0 Å². The molecular formula is C16H13F15OS3. The van der Waals surface area contributed by atoms with Gasteiger partial charge in [0.15, 0.2) is 0 Å². The standard InChI is InChI=1S/C16H13F15OS3/c1-10-2-11(6-14(3-10)33(17,18,19,20)21)4-13(32)5-12-7-15(34(22,23,24,25)26)9-16(8-12)35(27,28,29,30)31/h2-3,6-9H,4-5H2,1H3. The van der Waals surface area contributed by atoms with Crippen molar-refractivity contribution in [1.82, 2.24) is 0 Å². The molecule has 0 fully saturated rings. The van der Waals surface area contributed by atoms with Crippen molar-refractivity contribution < 1.29 is 63.1 Å². The summed E-state index contributed by atoms with van der Waals surface area (Å²) in [6.07, 6.45) is -2.93. The lowest BCUT2D eigenvalue weighted by atomic mass is 10.0. The molecule has 0 saturated carbocycles. The molecule has 0 atom stereocenters. The summed E-state index contributed by atoms with van der Waals surface area (Å²) in [5.74, 6) is -1.55.